The first-order valence-corrected chi connectivity index (χ1v) is 10.7. The third kappa shape index (κ3) is 8.66. The van der Waals surface area contributed by atoms with Gasteiger partial charge in [0.05, 0.1) is 7.05 Å². The molecule has 0 amide bonds. The summed E-state index contributed by atoms with van der Waals surface area (Å²) in [4.78, 5) is 24.0. The lowest BCUT2D eigenvalue weighted by atomic mass is 10.2. The van der Waals surface area contributed by atoms with Gasteiger partial charge in [0.2, 0.25) is 0 Å². The Labute approximate surface area is 193 Å². The maximum atomic E-state index is 12.0. The Morgan fingerprint density at radius 2 is 1.03 bits per heavy atom. The van der Waals surface area contributed by atoms with E-state index in [4.69, 9.17) is 18.9 Å². The highest BCUT2D eigenvalue weighted by molar-refractivity contribution is 5.64. The smallest absolute Gasteiger partial charge is 0.428 e. The van der Waals surface area contributed by atoms with Crippen LogP contribution in [0.15, 0.2) is 91.0 Å². The van der Waals surface area contributed by atoms with Gasteiger partial charge in [-0.05, 0) is 24.3 Å². The zero-order chi connectivity index (χ0) is 23.4. The second kappa shape index (κ2) is 12.3. The Morgan fingerprint density at radius 1 is 0.636 bits per heavy atom. The fraction of sp³-hybridized carbons (Fsp3) is 0.231. The number of nitrogens with zero attached hydrogens (tertiary/aromatic N) is 1. The number of quaternary nitrogens is 1. The van der Waals surface area contributed by atoms with Crippen LogP contribution in [0.1, 0.15) is 5.56 Å². The Morgan fingerprint density at radius 3 is 1.45 bits per heavy atom. The molecule has 7 nitrogen and oxygen atoms in total. The van der Waals surface area contributed by atoms with Crippen LogP contribution in [-0.2, 0) is 16.0 Å². The minimum Gasteiger partial charge on any atom is -0.428 e. The number of para-hydroxylation sites is 2. The molecule has 172 valence electrons. The highest BCUT2D eigenvalue weighted by Crippen LogP contribution is 2.14. The molecule has 0 spiro atoms. The number of carbonyl (C=O) groups excluding carboxylic acids is 2. The first-order valence-electron chi connectivity index (χ1n) is 10.7. The lowest BCUT2D eigenvalue weighted by Crippen LogP contribution is -2.48. The van der Waals surface area contributed by atoms with Gasteiger partial charge in [-0.1, -0.05) is 66.7 Å². The molecule has 3 aromatic carbocycles. The predicted octanol–water partition coefficient (Wildman–Crippen LogP) is 5.06. The van der Waals surface area contributed by atoms with Crippen LogP contribution in [0, 0.1) is 0 Å². The molecule has 3 rings (SSSR count). The van der Waals surface area contributed by atoms with Crippen LogP contribution in [-0.4, -0.2) is 50.1 Å². The van der Waals surface area contributed by atoms with E-state index in [1.54, 1.807) is 48.5 Å². The molecule has 0 aromatic heterocycles. The minimum absolute atomic E-state index is 0.156. The van der Waals surface area contributed by atoms with Crippen molar-refractivity contribution in [3.8, 4) is 11.5 Å². The van der Waals surface area contributed by atoms with Crippen LogP contribution in [0.2, 0.25) is 0 Å². The Kier molecular flexibility index (Phi) is 8.85. The molecular formula is C26H28NO6+. The summed E-state index contributed by atoms with van der Waals surface area (Å²) in [5.74, 6) is 0.851. The van der Waals surface area contributed by atoms with Crippen molar-refractivity contribution in [1.82, 2.24) is 0 Å². The molecule has 0 N–H and O–H groups in total. The van der Waals surface area contributed by atoms with Gasteiger partial charge >= 0.3 is 12.3 Å². The summed E-state index contributed by atoms with van der Waals surface area (Å²) in [7, 11) is 2.02. The molecule has 0 fully saturated rings. The average Bonchev–Trinajstić information content (AvgIpc) is 2.81. The van der Waals surface area contributed by atoms with Gasteiger partial charge < -0.3 is 23.4 Å². The van der Waals surface area contributed by atoms with Gasteiger partial charge in [0.25, 0.3) is 0 Å². The molecule has 0 radical (unpaired) electrons. The van der Waals surface area contributed by atoms with Crippen LogP contribution in [0.25, 0.3) is 0 Å². The van der Waals surface area contributed by atoms with Crippen LogP contribution < -0.4 is 9.47 Å². The van der Waals surface area contributed by atoms with Gasteiger partial charge in [0, 0.05) is 5.56 Å². The lowest BCUT2D eigenvalue weighted by Gasteiger charge is -2.34. The fourth-order valence-corrected chi connectivity index (χ4v) is 3.22. The Balaban J connectivity index is 1.51. The number of rotatable bonds is 10. The van der Waals surface area contributed by atoms with Crippen LogP contribution in [0.4, 0.5) is 9.59 Å². The standard InChI is InChI=1S/C26H28NO6/c1-27(21-22-11-5-2-6-12-22,17-19-30-25(28)32-23-13-7-3-8-14-23)18-20-31-26(29)33-24-15-9-4-10-16-24/h2-16H,17-21H2,1H3/q+1. The molecule has 0 bridgehead atoms. The van der Waals surface area contributed by atoms with Crippen LogP contribution >= 0.6 is 0 Å². The van der Waals surface area contributed by atoms with Crippen molar-refractivity contribution in [2.45, 2.75) is 6.54 Å². The highest BCUT2D eigenvalue weighted by Gasteiger charge is 2.24. The third-order valence-electron chi connectivity index (χ3n) is 5.00. The number of hydrogen-bond acceptors (Lipinski definition) is 6. The van der Waals surface area contributed by atoms with Crippen molar-refractivity contribution in [2.24, 2.45) is 0 Å². The number of benzene rings is 3. The van der Waals surface area contributed by atoms with Crippen molar-refractivity contribution in [1.29, 1.82) is 0 Å². The predicted molar refractivity (Wildman–Crippen MR) is 123 cm³/mol. The molecular weight excluding hydrogens is 422 g/mol. The first kappa shape index (κ1) is 23.8. The molecule has 0 heterocycles. The van der Waals surface area contributed by atoms with E-state index >= 15 is 0 Å². The van der Waals surface area contributed by atoms with Crippen molar-refractivity contribution in [3.63, 3.8) is 0 Å². The monoisotopic (exact) mass is 450 g/mol. The minimum atomic E-state index is -0.754. The van der Waals surface area contributed by atoms with Crippen molar-refractivity contribution in [2.75, 3.05) is 33.4 Å². The first-order chi connectivity index (χ1) is 16.0. The van der Waals surface area contributed by atoms with Crippen LogP contribution in [0.5, 0.6) is 11.5 Å². The fourth-order valence-electron chi connectivity index (χ4n) is 3.22. The van der Waals surface area contributed by atoms with Gasteiger partial charge in [-0.15, -0.1) is 0 Å². The highest BCUT2D eigenvalue weighted by atomic mass is 16.7. The van der Waals surface area contributed by atoms with E-state index in [0.29, 0.717) is 35.6 Å². The van der Waals surface area contributed by atoms with Crippen LogP contribution in [0.3, 0.4) is 0 Å². The van der Waals surface area contributed by atoms with Gasteiger partial charge in [-0.3, -0.25) is 0 Å². The maximum Gasteiger partial charge on any atom is 0.514 e. The second-order valence-corrected chi connectivity index (χ2v) is 7.74. The third-order valence-corrected chi connectivity index (χ3v) is 5.00. The van der Waals surface area contributed by atoms with Gasteiger partial charge in [0.1, 0.15) is 44.3 Å². The molecule has 33 heavy (non-hydrogen) atoms. The largest absolute Gasteiger partial charge is 0.514 e. The van der Waals surface area contributed by atoms with E-state index in [1.807, 2.05) is 49.5 Å². The van der Waals surface area contributed by atoms with E-state index < -0.39 is 12.3 Å². The van der Waals surface area contributed by atoms with Crippen molar-refractivity contribution < 1.29 is 33.0 Å². The zero-order valence-corrected chi connectivity index (χ0v) is 18.6. The summed E-state index contributed by atoms with van der Waals surface area (Å²) < 4.78 is 21.4. The Bertz CT molecular complexity index is 936. The van der Waals surface area contributed by atoms with E-state index in [1.165, 1.54) is 0 Å². The van der Waals surface area contributed by atoms with Crippen molar-refractivity contribution in [3.05, 3.63) is 96.6 Å². The summed E-state index contributed by atoms with van der Waals surface area (Å²) in [6.45, 7) is 2.01. The number of ether oxygens (including phenoxy) is 4. The van der Waals surface area contributed by atoms with E-state index in [2.05, 4.69) is 0 Å². The molecule has 0 saturated heterocycles. The maximum absolute atomic E-state index is 12.0. The molecule has 0 unspecified atom stereocenters. The molecule has 3 aromatic rings. The zero-order valence-electron chi connectivity index (χ0n) is 18.6. The van der Waals surface area contributed by atoms with E-state index in [-0.39, 0.29) is 13.2 Å². The number of likely N-dealkylation sites (N-methyl/N-ethyl adjacent to an activating group) is 1. The molecule has 0 atom stereocenters. The molecule has 0 aliphatic heterocycles. The van der Waals surface area contributed by atoms with E-state index in [9.17, 15) is 9.59 Å². The molecule has 0 aliphatic carbocycles. The summed E-state index contributed by atoms with van der Waals surface area (Å²) in [5, 5.41) is 0. The molecule has 0 saturated carbocycles. The number of carbonyl (C=O) groups is 2. The van der Waals surface area contributed by atoms with Gasteiger partial charge in [0.15, 0.2) is 0 Å². The van der Waals surface area contributed by atoms with Gasteiger partial charge in [-0.2, -0.15) is 0 Å². The Hall–Kier alpha value is -3.84. The summed E-state index contributed by atoms with van der Waals surface area (Å²) in [6.07, 6.45) is -1.51. The lowest BCUT2D eigenvalue weighted by molar-refractivity contribution is -0.922. The normalized spacial score (nSPS) is 10.8. The number of hydrogen-bond donors (Lipinski definition) is 0. The van der Waals surface area contributed by atoms with Gasteiger partial charge in [-0.25, -0.2) is 9.59 Å². The SMILES string of the molecule is C[N+](CCOC(=O)Oc1ccccc1)(CCOC(=O)Oc1ccccc1)Cc1ccccc1. The molecule has 0 aliphatic rings. The second-order valence-electron chi connectivity index (χ2n) is 7.74. The quantitative estimate of drug-likeness (QED) is 0.244. The average molecular weight is 451 g/mol. The summed E-state index contributed by atoms with van der Waals surface area (Å²) in [6, 6.07) is 27.5. The molecule has 7 heteroatoms. The van der Waals surface area contributed by atoms with E-state index in [0.717, 1.165) is 5.56 Å². The van der Waals surface area contributed by atoms with Crippen molar-refractivity contribution >= 4 is 12.3 Å². The topological polar surface area (TPSA) is 71.1 Å². The summed E-state index contributed by atoms with van der Waals surface area (Å²) in [5.41, 5.74) is 1.12. The summed E-state index contributed by atoms with van der Waals surface area (Å²) >= 11 is 0.